The number of carbonyl (C=O) groups is 2. The summed E-state index contributed by atoms with van der Waals surface area (Å²) in [5.41, 5.74) is 0.442. The number of carbonyl (C=O) groups excluding carboxylic acids is 2. The number of amides is 2. The lowest BCUT2D eigenvalue weighted by Crippen LogP contribution is -2.32. The fourth-order valence-electron chi connectivity index (χ4n) is 2.21. The first kappa shape index (κ1) is 14.5. The van der Waals surface area contributed by atoms with E-state index in [9.17, 15) is 9.59 Å². The van der Waals surface area contributed by atoms with Gasteiger partial charge in [-0.1, -0.05) is 41.4 Å². The molecule has 1 aromatic rings. The zero-order chi connectivity index (χ0) is 14.2. The average Bonchev–Trinajstić information content (AvgIpc) is 2.69. The number of hydrogen-bond acceptors (Lipinski definition) is 2. The van der Waals surface area contributed by atoms with Crippen LogP contribution in [-0.2, 0) is 4.79 Å². The summed E-state index contributed by atoms with van der Waals surface area (Å²) >= 11 is 9.23. The lowest BCUT2D eigenvalue weighted by molar-refractivity contribution is -0.125. The summed E-state index contributed by atoms with van der Waals surface area (Å²) in [5, 5.41) is 0.477. The van der Waals surface area contributed by atoms with Gasteiger partial charge in [0.05, 0.1) is 0 Å². The Morgan fingerprint density at radius 3 is 2.63 bits per heavy atom. The maximum absolute atomic E-state index is 12.4. The second-order valence-electron chi connectivity index (χ2n) is 5.18. The van der Waals surface area contributed by atoms with E-state index in [-0.39, 0.29) is 17.7 Å². The molecule has 19 heavy (non-hydrogen) atoms. The van der Waals surface area contributed by atoms with E-state index in [4.69, 9.17) is 11.6 Å². The monoisotopic (exact) mass is 343 g/mol. The number of rotatable bonds is 2. The standard InChI is InChI=1S/C14H15BrClNO2/c1-8(2)10-5-13(18)17(7-10)14(19)9-3-11(15)6-12(16)4-9/h3-4,6,8,10H,5,7H2,1-2H3. The van der Waals surface area contributed by atoms with Gasteiger partial charge in [-0.05, 0) is 30.0 Å². The Balaban J connectivity index is 2.22. The molecule has 1 aliphatic rings. The maximum atomic E-state index is 12.4. The fraction of sp³-hybridized carbons (Fsp3) is 0.429. The number of halogens is 2. The Hall–Kier alpha value is -0.870. The topological polar surface area (TPSA) is 37.4 Å². The highest BCUT2D eigenvalue weighted by Crippen LogP contribution is 2.27. The van der Waals surface area contributed by atoms with Gasteiger partial charge in [-0.2, -0.15) is 0 Å². The Morgan fingerprint density at radius 2 is 2.11 bits per heavy atom. The van der Waals surface area contributed by atoms with Gasteiger partial charge in [0.2, 0.25) is 5.91 Å². The molecule has 1 fully saturated rings. The fourth-order valence-corrected chi connectivity index (χ4v) is 3.07. The number of imide groups is 1. The zero-order valence-corrected chi connectivity index (χ0v) is 13.2. The van der Waals surface area contributed by atoms with Crippen LogP contribution >= 0.6 is 27.5 Å². The zero-order valence-electron chi connectivity index (χ0n) is 10.8. The first-order chi connectivity index (χ1) is 8.88. The third-order valence-electron chi connectivity index (χ3n) is 3.45. The van der Waals surface area contributed by atoms with Crippen LogP contribution in [0.25, 0.3) is 0 Å². The highest BCUT2D eigenvalue weighted by molar-refractivity contribution is 9.10. The molecule has 1 aliphatic heterocycles. The molecule has 0 N–H and O–H groups in total. The smallest absolute Gasteiger partial charge is 0.260 e. The summed E-state index contributed by atoms with van der Waals surface area (Å²) in [4.78, 5) is 25.6. The third kappa shape index (κ3) is 3.18. The first-order valence-electron chi connectivity index (χ1n) is 6.19. The second-order valence-corrected chi connectivity index (χ2v) is 6.53. The van der Waals surface area contributed by atoms with Crippen LogP contribution < -0.4 is 0 Å². The van der Waals surface area contributed by atoms with Crippen molar-refractivity contribution >= 4 is 39.3 Å². The molecule has 0 spiro atoms. The average molecular weight is 345 g/mol. The highest BCUT2D eigenvalue weighted by Gasteiger charge is 2.35. The van der Waals surface area contributed by atoms with Crippen LogP contribution in [0, 0.1) is 11.8 Å². The van der Waals surface area contributed by atoms with Crippen LogP contribution in [-0.4, -0.2) is 23.3 Å². The highest BCUT2D eigenvalue weighted by atomic mass is 79.9. The molecular formula is C14H15BrClNO2. The molecule has 0 radical (unpaired) electrons. The molecule has 1 aromatic carbocycles. The van der Waals surface area contributed by atoms with Gasteiger partial charge in [-0.3, -0.25) is 14.5 Å². The molecule has 1 saturated heterocycles. The van der Waals surface area contributed by atoms with Crippen molar-refractivity contribution < 1.29 is 9.59 Å². The molecule has 0 saturated carbocycles. The normalized spacial score (nSPS) is 19.3. The van der Waals surface area contributed by atoms with Crippen molar-refractivity contribution in [3.8, 4) is 0 Å². The first-order valence-corrected chi connectivity index (χ1v) is 7.36. The molecule has 2 amide bonds. The molecule has 5 heteroatoms. The molecule has 1 heterocycles. The summed E-state index contributed by atoms with van der Waals surface area (Å²) in [7, 11) is 0. The molecular weight excluding hydrogens is 330 g/mol. The third-order valence-corrected chi connectivity index (χ3v) is 4.13. The molecule has 3 nitrogen and oxygen atoms in total. The second kappa shape index (κ2) is 5.63. The van der Waals surface area contributed by atoms with Crippen LogP contribution in [0.5, 0.6) is 0 Å². The van der Waals surface area contributed by atoms with E-state index in [1.807, 2.05) is 0 Å². The molecule has 1 atom stereocenters. The summed E-state index contributed by atoms with van der Waals surface area (Å²) in [6.45, 7) is 4.64. The van der Waals surface area contributed by atoms with Gasteiger partial charge < -0.3 is 0 Å². The Bertz CT molecular complexity index is 510. The van der Waals surface area contributed by atoms with E-state index in [0.29, 0.717) is 29.5 Å². The number of hydrogen-bond donors (Lipinski definition) is 0. The van der Waals surface area contributed by atoms with Gasteiger partial charge in [0.25, 0.3) is 5.91 Å². The van der Waals surface area contributed by atoms with E-state index in [1.54, 1.807) is 18.2 Å². The lowest BCUT2D eigenvalue weighted by Gasteiger charge is -2.16. The van der Waals surface area contributed by atoms with Gasteiger partial charge in [0.1, 0.15) is 0 Å². The molecule has 0 aliphatic carbocycles. The number of likely N-dealkylation sites (tertiary alicyclic amines) is 1. The minimum absolute atomic E-state index is 0.0974. The van der Waals surface area contributed by atoms with Crippen molar-refractivity contribution in [1.29, 1.82) is 0 Å². The summed E-state index contributed by atoms with van der Waals surface area (Å²) < 4.78 is 0.732. The number of nitrogens with zero attached hydrogens (tertiary/aromatic N) is 1. The molecule has 102 valence electrons. The largest absolute Gasteiger partial charge is 0.278 e. The predicted octanol–water partition coefficient (Wildman–Crippen LogP) is 3.75. The van der Waals surface area contributed by atoms with Gasteiger partial charge in [-0.25, -0.2) is 0 Å². The van der Waals surface area contributed by atoms with E-state index >= 15 is 0 Å². The van der Waals surface area contributed by atoms with Crippen LogP contribution in [0.1, 0.15) is 30.6 Å². The quantitative estimate of drug-likeness (QED) is 0.766. The van der Waals surface area contributed by atoms with Crippen molar-refractivity contribution in [2.75, 3.05) is 6.54 Å². The van der Waals surface area contributed by atoms with E-state index in [0.717, 1.165) is 4.47 Å². The summed E-state index contributed by atoms with van der Waals surface area (Å²) in [6, 6.07) is 4.98. The minimum Gasteiger partial charge on any atom is -0.278 e. The van der Waals surface area contributed by atoms with Crippen LogP contribution in [0.2, 0.25) is 5.02 Å². The van der Waals surface area contributed by atoms with Crippen molar-refractivity contribution in [2.45, 2.75) is 20.3 Å². The Labute approximate surface area is 126 Å². The van der Waals surface area contributed by atoms with Gasteiger partial charge >= 0.3 is 0 Å². The molecule has 2 rings (SSSR count). The van der Waals surface area contributed by atoms with E-state index in [2.05, 4.69) is 29.8 Å². The SMILES string of the molecule is CC(C)C1CC(=O)N(C(=O)c2cc(Cl)cc(Br)c2)C1. The predicted molar refractivity (Wildman–Crippen MR) is 78.1 cm³/mol. The minimum atomic E-state index is -0.267. The van der Waals surface area contributed by atoms with Crippen molar-refractivity contribution in [2.24, 2.45) is 11.8 Å². The van der Waals surface area contributed by atoms with Gasteiger partial charge in [-0.15, -0.1) is 0 Å². The van der Waals surface area contributed by atoms with Gasteiger partial charge in [0, 0.05) is 28.0 Å². The van der Waals surface area contributed by atoms with Gasteiger partial charge in [0.15, 0.2) is 0 Å². The maximum Gasteiger partial charge on any atom is 0.260 e. The summed E-state index contributed by atoms with van der Waals surface area (Å²) in [5.74, 6) is 0.281. The van der Waals surface area contributed by atoms with Crippen LogP contribution in [0.3, 0.4) is 0 Å². The van der Waals surface area contributed by atoms with Crippen molar-refractivity contribution in [1.82, 2.24) is 4.90 Å². The Morgan fingerprint density at radius 1 is 1.42 bits per heavy atom. The van der Waals surface area contributed by atoms with Crippen molar-refractivity contribution in [3.05, 3.63) is 33.3 Å². The molecule has 0 aromatic heterocycles. The van der Waals surface area contributed by atoms with E-state index in [1.165, 1.54) is 4.90 Å². The Kier molecular flexibility index (Phi) is 4.31. The summed E-state index contributed by atoms with van der Waals surface area (Å²) in [6.07, 6.45) is 0.450. The lowest BCUT2D eigenvalue weighted by atomic mass is 9.95. The van der Waals surface area contributed by atoms with Crippen molar-refractivity contribution in [3.63, 3.8) is 0 Å². The van der Waals surface area contributed by atoms with Crippen LogP contribution in [0.4, 0.5) is 0 Å². The molecule has 1 unspecified atom stereocenters. The van der Waals surface area contributed by atoms with Crippen LogP contribution in [0.15, 0.2) is 22.7 Å². The van der Waals surface area contributed by atoms with E-state index < -0.39 is 0 Å². The molecule has 0 bridgehead atoms. The number of benzene rings is 1.